The molecule has 0 aliphatic rings. The van der Waals surface area contributed by atoms with Gasteiger partial charge in [-0.3, -0.25) is 4.68 Å². The third-order valence-corrected chi connectivity index (χ3v) is 2.96. The van der Waals surface area contributed by atoms with E-state index in [1.807, 2.05) is 10.9 Å². The molecule has 0 saturated carbocycles. The summed E-state index contributed by atoms with van der Waals surface area (Å²) in [5.74, 6) is 1.89. The van der Waals surface area contributed by atoms with Crippen LogP contribution in [0.4, 0.5) is 0 Å². The Morgan fingerprint density at radius 1 is 1.40 bits per heavy atom. The number of aromatic nitrogens is 2. The number of hydrogen-bond donors (Lipinski definition) is 1. The second kappa shape index (κ2) is 6.38. The van der Waals surface area contributed by atoms with Gasteiger partial charge in [0.15, 0.2) is 5.75 Å². The first-order chi connectivity index (χ1) is 9.63. The van der Waals surface area contributed by atoms with Crippen molar-refractivity contribution >= 4 is 17.2 Å². The van der Waals surface area contributed by atoms with E-state index in [1.165, 1.54) is 0 Å². The molecule has 1 aromatic carbocycles. The minimum absolute atomic E-state index is 0.281. The smallest absolute Gasteiger partial charge is 0.165 e. The molecule has 0 amide bonds. The van der Waals surface area contributed by atoms with Gasteiger partial charge in [0, 0.05) is 12.6 Å². The molecule has 0 aliphatic carbocycles. The molecule has 6 heteroatoms. The van der Waals surface area contributed by atoms with E-state index in [-0.39, 0.29) is 4.99 Å². The zero-order chi connectivity index (χ0) is 14.5. The lowest BCUT2D eigenvalue weighted by Gasteiger charge is -2.10. The molecule has 0 saturated heterocycles. The summed E-state index contributed by atoms with van der Waals surface area (Å²) in [5, 5.41) is 4.22. The molecule has 0 radical (unpaired) electrons. The highest BCUT2D eigenvalue weighted by atomic mass is 32.1. The van der Waals surface area contributed by atoms with Crippen LogP contribution in [-0.4, -0.2) is 21.9 Å². The fourth-order valence-corrected chi connectivity index (χ4v) is 1.96. The van der Waals surface area contributed by atoms with Crippen molar-refractivity contribution in [3.05, 3.63) is 36.2 Å². The minimum atomic E-state index is 0.281. The Balaban J connectivity index is 2.27. The van der Waals surface area contributed by atoms with Gasteiger partial charge in [0.25, 0.3) is 0 Å². The molecule has 0 fully saturated rings. The van der Waals surface area contributed by atoms with Crippen LogP contribution in [0.5, 0.6) is 17.2 Å². The fraction of sp³-hybridized carbons (Fsp3) is 0.286. The largest absolute Gasteiger partial charge is 0.497 e. The Morgan fingerprint density at radius 3 is 2.85 bits per heavy atom. The number of aryl methyl sites for hydroxylation is 1. The van der Waals surface area contributed by atoms with Gasteiger partial charge in [-0.2, -0.15) is 5.10 Å². The third kappa shape index (κ3) is 3.27. The number of rotatable bonds is 6. The van der Waals surface area contributed by atoms with Crippen LogP contribution in [0.1, 0.15) is 18.9 Å². The van der Waals surface area contributed by atoms with Gasteiger partial charge in [0.1, 0.15) is 16.5 Å². The van der Waals surface area contributed by atoms with Gasteiger partial charge in [0.05, 0.1) is 25.1 Å². The van der Waals surface area contributed by atoms with E-state index in [9.17, 15) is 0 Å². The Labute approximate surface area is 123 Å². The molecule has 1 aromatic heterocycles. The topological polar surface area (TPSA) is 62.3 Å². The van der Waals surface area contributed by atoms with Gasteiger partial charge in [-0.15, -0.1) is 0 Å². The second-order valence-corrected chi connectivity index (χ2v) is 4.71. The summed E-state index contributed by atoms with van der Waals surface area (Å²) >= 11 is 5.03. The highest BCUT2D eigenvalue weighted by Gasteiger charge is 2.10. The molecular formula is C14H17N3O2S. The summed E-state index contributed by atoms with van der Waals surface area (Å²) in [7, 11) is 1.60. The van der Waals surface area contributed by atoms with E-state index in [0.29, 0.717) is 22.8 Å². The van der Waals surface area contributed by atoms with Crippen molar-refractivity contribution in [2.75, 3.05) is 7.11 Å². The van der Waals surface area contributed by atoms with Gasteiger partial charge in [-0.05, 0) is 18.6 Å². The predicted molar refractivity (Wildman–Crippen MR) is 81.5 cm³/mol. The van der Waals surface area contributed by atoms with E-state index in [4.69, 9.17) is 27.4 Å². The summed E-state index contributed by atoms with van der Waals surface area (Å²) in [6.45, 7) is 2.94. The van der Waals surface area contributed by atoms with Crippen molar-refractivity contribution in [3.8, 4) is 17.2 Å². The maximum atomic E-state index is 5.81. The molecule has 20 heavy (non-hydrogen) atoms. The number of nitrogens with two attached hydrogens (primary N) is 1. The highest BCUT2D eigenvalue weighted by Crippen LogP contribution is 2.29. The maximum Gasteiger partial charge on any atom is 0.165 e. The Bertz CT molecular complexity index is 610. The van der Waals surface area contributed by atoms with E-state index >= 15 is 0 Å². The van der Waals surface area contributed by atoms with Crippen molar-refractivity contribution in [2.45, 2.75) is 19.9 Å². The number of hydrogen-bond acceptors (Lipinski definition) is 4. The van der Waals surface area contributed by atoms with E-state index in [1.54, 1.807) is 31.5 Å². The molecule has 0 atom stereocenters. The zero-order valence-corrected chi connectivity index (χ0v) is 12.3. The molecule has 0 aliphatic heterocycles. The number of ether oxygens (including phenoxy) is 2. The molecule has 1 heterocycles. The van der Waals surface area contributed by atoms with Crippen LogP contribution in [-0.2, 0) is 6.54 Å². The van der Waals surface area contributed by atoms with Gasteiger partial charge in [-0.25, -0.2) is 0 Å². The van der Waals surface area contributed by atoms with Crippen LogP contribution in [0.25, 0.3) is 0 Å². The molecule has 2 aromatic rings. The first-order valence-electron chi connectivity index (χ1n) is 6.32. The minimum Gasteiger partial charge on any atom is -0.497 e. The monoisotopic (exact) mass is 291 g/mol. The van der Waals surface area contributed by atoms with Crippen molar-refractivity contribution < 1.29 is 9.47 Å². The molecule has 106 valence electrons. The normalized spacial score (nSPS) is 10.3. The summed E-state index contributed by atoms with van der Waals surface area (Å²) < 4.78 is 12.8. The average molecular weight is 291 g/mol. The summed E-state index contributed by atoms with van der Waals surface area (Å²) in [5.41, 5.74) is 6.37. The quantitative estimate of drug-likeness (QED) is 0.829. The average Bonchev–Trinajstić information content (AvgIpc) is 2.86. The van der Waals surface area contributed by atoms with Crippen molar-refractivity contribution in [3.63, 3.8) is 0 Å². The molecular weight excluding hydrogens is 274 g/mol. The number of methoxy groups -OCH3 is 1. The van der Waals surface area contributed by atoms with Crippen LogP contribution in [0, 0.1) is 0 Å². The Morgan fingerprint density at radius 2 is 2.20 bits per heavy atom. The molecule has 5 nitrogen and oxygen atoms in total. The second-order valence-electron chi connectivity index (χ2n) is 4.27. The van der Waals surface area contributed by atoms with Gasteiger partial charge >= 0.3 is 0 Å². The third-order valence-electron chi connectivity index (χ3n) is 2.74. The maximum absolute atomic E-state index is 5.81. The van der Waals surface area contributed by atoms with Crippen molar-refractivity contribution in [2.24, 2.45) is 5.73 Å². The summed E-state index contributed by atoms with van der Waals surface area (Å²) in [6, 6.07) is 5.33. The van der Waals surface area contributed by atoms with Gasteiger partial charge in [-0.1, -0.05) is 19.1 Å². The molecule has 2 N–H and O–H groups in total. The van der Waals surface area contributed by atoms with E-state index in [0.717, 1.165) is 13.0 Å². The number of nitrogens with zero attached hydrogens (tertiary/aromatic N) is 2. The van der Waals surface area contributed by atoms with Crippen LogP contribution in [0.2, 0.25) is 0 Å². The zero-order valence-electron chi connectivity index (χ0n) is 11.5. The Kier molecular flexibility index (Phi) is 4.57. The SMILES string of the molecule is CCCn1cc(Oc2cc(OC)ccc2C(N)=S)cn1. The van der Waals surface area contributed by atoms with Crippen molar-refractivity contribution in [1.82, 2.24) is 9.78 Å². The standard InChI is InChI=1S/C14H17N3O2S/c1-3-6-17-9-11(8-16-17)19-13-7-10(18-2)4-5-12(13)14(15)20/h4-5,7-9H,3,6H2,1-2H3,(H2,15,20). The predicted octanol–water partition coefficient (Wildman–Crippen LogP) is 2.73. The lowest BCUT2D eigenvalue weighted by Crippen LogP contribution is -2.10. The molecule has 0 unspecified atom stereocenters. The first-order valence-corrected chi connectivity index (χ1v) is 6.73. The van der Waals surface area contributed by atoms with Crippen LogP contribution in [0.3, 0.4) is 0 Å². The first kappa shape index (κ1) is 14.3. The van der Waals surface area contributed by atoms with Gasteiger partial charge < -0.3 is 15.2 Å². The number of thiocarbonyl (C=S) groups is 1. The summed E-state index contributed by atoms with van der Waals surface area (Å²) in [4.78, 5) is 0.281. The highest BCUT2D eigenvalue weighted by molar-refractivity contribution is 7.80. The van der Waals surface area contributed by atoms with Crippen LogP contribution < -0.4 is 15.2 Å². The summed E-state index contributed by atoms with van der Waals surface area (Å²) in [6.07, 6.45) is 4.52. The van der Waals surface area contributed by atoms with Crippen LogP contribution in [0.15, 0.2) is 30.6 Å². The fourth-order valence-electron chi connectivity index (χ4n) is 1.79. The lowest BCUT2D eigenvalue weighted by molar-refractivity contribution is 0.409. The molecule has 2 rings (SSSR count). The van der Waals surface area contributed by atoms with E-state index < -0.39 is 0 Å². The van der Waals surface area contributed by atoms with Gasteiger partial charge in [0.2, 0.25) is 0 Å². The van der Waals surface area contributed by atoms with Crippen molar-refractivity contribution in [1.29, 1.82) is 0 Å². The van der Waals surface area contributed by atoms with E-state index in [2.05, 4.69) is 12.0 Å². The molecule has 0 spiro atoms. The number of benzene rings is 1. The molecule has 0 bridgehead atoms. The van der Waals surface area contributed by atoms with Crippen LogP contribution >= 0.6 is 12.2 Å². The lowest BCUT2D eigenvalue weighted by atomic mass is 10.2. The Hall–Kier alpha value is -2.08.